The topological polar surface area (TPSA) is 86.8 Å². The van der Waals surface area contributed by atoms with Gasteiger partial charge in [-0.05, 0) is 62.7 Å². The molecule has 7 nitrogen and oxygen atoms in total. The van der Waals surface area contributed by atoms with Crippen molar-refractivity contribution >= 4 is 62.3 Å². The molecule has 0 aliphatic carbocycles. The lowest BCUT2D eigenvalue weighted by molar-refractivity contribution is -0.139. The van der Waals surface area contributed by atoms with Gasteiger partial charge in [-0.1, -0.05) is 71.2 Å². The Hall–Kier alpha value is -2.78. The quantitative estimate of drug-likeness (QED) is 0.321. The van der Waals surface area contributed by atoms with E-state index in [9.17, 15) is 18.0 Å². The van der Waals surface area contributed by atoms with Crippen molar-refractivity contribution in [3.63, 3.8) is 0 Å². The van der Waals surface area contributed by atoms with Crippen LogP contribution in [-0.4, -0.2) is 43.8 Å². The number of sulfonamides is 1. The molecular formula is C27H28Cl3N3O4S. The van der Waals surface area contributed by atoms with Gasteiger partial charge < -0.3 is 10.2 Å². The fourth-order valence-corrected chi connectivity index (χ4v) is 5.92. The van der Waals surface area contributed by atoms with E-state index in [4.69, 9.17) is 34.8 Å². The lowest BCUT2D eigenvalue weighted by atomic mass is 10.1. The highest BCUT2D eigenvalue weighted by molar-refractivity contribution is 7.92. The normalized spacial score (nSPS) is 12.2. The number of nitrogens with zero attached hydrogens (tertiary/aromatic N) is 2. The fourth-order valence-electron chi connectivity index (χ4n) is 3.71. The predicted molar refractivity (Wildman–Crippen MR) is 152 cm³/mol. The van der Waals surface area contributed by atoms with Gasteiger partial charge in [-0.15, -0.1) is 0 Å². The summed E-state index contributed by atoms with van der Waals surface area (Å²) < 4.78 is 28.4. The zero-order chi connectivity index (χ0) is 28.0. The number of hydrogen-bond acceptors (Lipinski definition) is 4. The van der Waals surface area contributed by atoms with E-state index in [1.165, 1.54) is 29.2 Å². The third kappa shape index (κ3) is 7.20. The van der Waals surface area contributed by atoms with Crippen molar-refractivity contribution in [2.45, 2.75) is 44.3 Å². The van der Waals surface area contributed by atoms with E-state index < -0.39 is 34.4 Å². The Morgan fingerprint density at radius 3 is 2.11 bits per heavy atom. The molecule has 0 aliphatic rings. The number of hydrogen-bond donors (Lipinski definition) is 1. The van der Waals surface area contributed by atoms with Crippen molar-refractivity contribution in [1.29, 1.82) is 0 Å². The van der Waals surface area contributed by atoms with Crippen molar-refractivity contribution in [3.8, 4) is 0 Å². The first kappa shape index (κ1) is 29.8. The average Bonchev–Trinajstić information content (AvgIpc) is 2.87. The zero-order valence-electron chi connectivity index (χ0n) is 21.1. The Morgan fingerprint density at radius 1 is 0.868 bits per heavy atom. The molecule has 0 radical (unpaired) electrons. The molecule has 1 atom stereocenters. The van der Waals surface area contributed by atoms with Crippen molar-refractivity contribution in [1.82, 2.24) is 10.2 Å². The molecule has 3 aromatic carbocycles. The van der Waals surface area contributed by atoms with Crippen molar-refractivity contribution < 1.29 is 18.0 Å². The summed E-state index contributed by atoms with van der Waals surface area (Å²) in [5.74, 6) is -1.02. The number of halogens is 3. The van der Waals surface area contributed by atoms with Crippen LogP contribution in [0.15, 0.2) is 77.7 Å². The number of anilines is 1. The van der Waals surface area contributed by atoms with E-state index in [1.807, 2.05) is 0 Å². The molecule has 0 fully saturated rings. The van der Waals surface area contributed by atoms with Gasteiger partial charge in [-0.25, -0.2) is 8.42 Å². The molecule has 3 rings (SSSR count). The number of rotatable bonds is 10. The number of carbonyl (C=O) groups excluding carboxylic acids is 2. The lowest BCUT2D eigenvalue weighted by Crippen LogP contribution is -2.52. The van der Waals surface area contributed by atoms with Crippen molar-refractivity contribution in [2.75, 3.05) is 10.8 Å². The van der Waals surface area contributed by atoms with Crippen LogP contribution < -0.4 is 9.62 Å². The van der Waals surface area contributed by atoms with Crippen LogP contribution in [0.1, 0.15) is 26.3 Å². The number of amides is 2. The highest BCUT2D eigenvalue weighted by Gasteiger charge is 2.33. The Labute approximate surface area is 238 Å². The number of para-hydroxylation sites is 1. The van der Waals surface area contributed by atoms with E-state index in [0.29, 0.717) is 15.6 Å². The van der Waals surface area contributed by atoms with E-state index >= 15 is 0 Å². The molecule has 0 saturated carbocycles. The second-order valence-corrected chi connectivity index (χ2v) is 12.0. The van der Waals surface area contributed by atoms with Crippen LogP contribution in [0.4, 0.5) is 5.69 Å². The SMILES string of the molecule is CC(C)NC(=O)[C@@H](C)N(Cc1ccc(Cl)cc1Cl)C(=O)CN(c1ccccc1Cl)S(=O)(=O)c1ccccc1. The molecule has 0 unspecified atom stereocenters. The third-order valence-corrected chi connectivity index (χ3v) is 8.37. The lowest BCUT2D eigenvalue weighted by Gasteiger charge is -2.32. The van der Waals surface area contributed by atoms with E-state index in [-0.39, 0.29) is 28.2 Å². The van der Waals surface area contributed by atoms with Gasteiger partial charge in [-0.2, -0.15) is 0 Å². The summed E-state index contributed by atoms with van der Waals surface area (Å²) in [5, 5.41) is 3.68. The van der Waals surface area contributed by atoms with Crippen LogP contribution in [0.3, 0.4) is 0 Å². The molecule has 1 N–H and O–H groups in total. The monoisotopic (exact) mass is 595 g/mol. The summed E-state index contributed by atoms with van der Waals surface area (Å²) >= 11 is 18.8. The smallest absolute Gasteiger partial charge is 0.264 e. The minimum absolute atomic E-state index is 0.00869. The van der Waals surface area contributed by atoms with Crippen LogP contribution >= 0.6 is 34.8 Å². The van der Waals surface area contributed by atoms with Gasteiger partial charge in [0.2, 0.25) is 11.8 Å². The van der Waals surface area contributed by atoms with Gasteiger partial charge in [0.05, 0.1) is 15.6 Å². The van der Waals surface area contributed by atoms with Crippen LogP contribution in [-0.2, 0) is 26.2 Å². The minimum Gasteiger partial charge on any atom is -0.352 e. The van der Waals surface area contributed by atoms with E-state index in [1.54, 1.807) is 69.3 Å². The number of carbonyl (C=O) groups is 2. The van der Waals surface area contributed by atoms with Gasteiger partial charge in [0.1, 0.15) is 12.6 Å². The molecule has 38 heavy (non-hydrogen) atoms. The zero-order valence-corrected chi connectivity index (χ0v) is 24.2. The summed E-state index contributed by atoms with van der Waals surface area (Å²) in [4.78, 5) is 28.1. The van der Waals surface area contributed by atoms with Gasteiger partial charge in [0, 0.05) is 22.6 Å². The van der Waals surface area contributed by atoms with E-state index in [0.717, 1.165) is 4.31 Å². The molecule has 0 aliphatic heterocycles. The van der Waals surface area contributed by atoms with Gasteiger partial charge in [-0.3, -0.25) is 13.9 Å². The Kier molecular flexibility index (Phi) is 10.1. The standard InChI is InChI=1S/C27H28Cl3N3O4S/c1-18(2)31-27(35)19(3)32(16-20-13-14-21(28)15-24(20)30)26(34)17-33(25-12-8-7-11-23(25)29)38(36,37)22-9-5-4-6-10-22/h4-15,18-19H,16-17H2,1-3H3,(H,31,35)/t19-/m1/s1. The highest BCUT2D eigenvalue weighted by Crippen LogP contribution is 2.31. The molecule has 2 amide bonds. The Morgan fingerprint density at radius 2 is 1.50 bits per heavy atom. The number of nitrogens with one attached hydrogen (secondary N) is 1. The first-order chi connectivity index (χ1) is 17.9. The predicted octanol–water partition coefficient (Wildman–Crippen LogP) is 5.78. The molecule has 0 aromatic heterocycles. The van der Waals surface area contributed by atoms with Crippen molar-refractivity contribution in [3.05, 3.63) is 93.4 Å². The first-order valence-corrected chi connectivity index (χ1v) is 14.3. The Balaban J connectivity index is 2.05. The van der Waals surface area contributed by atoms with Crippen LogP contribution in [0.2, 0.25) is 15.1 Å². The maximum absolute atomic E-state index is 13.9. The van der Waals surface area contributed by atoms with Crippen LogP contribution in [0.25, 0.3) is 0 Å². The summed E-state index contributed by atoms with van der Waals surface area (Å²) in [6.45, 7) is 4.52. The average molecular weight is 597 g/mol. The first-order valence-electron chi connectivity index (χ1n) is 11.8. The highest BCUT2D eigenvalue weighted by atomic mass is 35.5. The maximum atomic E-state index is 13.9. The van der Waals surface area contributed by atoms with Crippen molar-refractivity contribution in [2.24, 2.45) is 0 Å². The van der Waals surface area contributed by atoms with Gasteiger partial charge >= 0.3 is 0 Å². The summed E-state index contributed by atoms with van der Waals surface area (Å²) in [6, 6.07) is 17.8. The molecule has 0 heterocycles. The fraction of sp³-hybridized carbons (Fsp3) is 0.259. The molecular weight excluding hydrogens is 569 g/mol. The molecule has 3 aromatic rings. The molecule has 11 heteroatoms. The Bertz CT molecular complexity index is 1400. The maximum Gasteiger partial charge on any atom is 0.264 e. The van der Waals surface area contributed by atoms with Crippen LogP contribution in [0.5, 0.6) is 0 Å². The second kappa shape index (κ2) is 12.8. The molecule has 0 bridgehead atoms. The van der Waals surface area contributed by atoms with E-state index in [2.05, 4.69) is 5.32 Å². The number of benzene rings is 3. The minimum atomic E-state index is -4.20. The summed E-state index contributed by atoms with van der Waals surface area (Å²) in [5.41, 5.74) is 0.680. The molecule has 0 spiro atoms. The largest absolute Gasteiger partial charge is 0.352 e. The van der Waals surface area contributed by atoms with Gasteiger partial charge in [0.25, 0.3) is 10.0 Å². The third-order valence-electron chi connectivity index (χ3n) is 5.69. The second-order valence-electron chi connectivity index (χ2n) is 8.87. The van der Waals surface area contributed by atoms with Gasteiger partial charge in [0.15, 0.2) is 0 Å². The molecule has 202 valence electrons. The van der Waals surface area contributed by atoms with Crippen LogP contribution in [0, 0.1) is 0 Å². The molecule has 0 saturated heterocycles. The summed E-state index contributed by atoms with van der Waals surface area (Å²) in [6.07, 6.45) is 0. The summed E-state index contributed by atoms with van der Waals surface area (Å²) in [7, 11) is -4.20.